The van der Waals surface area contributed by atoms with Crippen LogP contribution in [0.3, 0.4) is 0 Å². The molecule has 0 bridgehead atoms. The van der Waals surface area contributed by atoms with Crippen molar-refractivity contribution in [3.8, 4) is 11.3 Å². The molecule has 4 atom stereocenters. The highest BCUT2D eigenvalue weighted by Gasteiger charge is 2.66. The molecule has 2 aromatic heterocycles. The number of imidazole rings is 1. The van der Waals surface area contributed by atoms with E-state index in [9.17, 15) is 0 Å². The number of hydrogen-bond acceptors (Lipinski definition) is 9. The van der Waals surface area contributed by atoms with Crippen LogP contribution in [0.5, 0.6) is 0 Å². The van der Waals surface area contributed by atoms with Crippen LogP contribution in [0.1, 0.15) is 68.5 Å². The lowest BCUT2D eigenvalue weighted by atomic mass is 10.1. The highest BCUT2D eigenvalue weighted by atomic mass is 28.4. The van der Waals surface area contributed by atoms with Crippen LogP contribution < -0.4 is 4.90 Å². The second-order valence-electron chi connectivity index (χ2n) is 16.6. The number of anilines is 1. The molecular weight excluding hydrogens is 615 g/mol. The number of aromatic nitrogens is 4. The minimum Gasteiger partial charge on any atom is -0.407 e. The normalized spacial score (nSPS) is 26.0. The van der Waals surface area contributed by atoms with E-state index in [0.29, 0.717) is 12.3 Å². The Kier molecular flexibility index (Phi) is 8.60. The summed E-state index contributed by atoms with van der Waals surface area (Å²) in [5, 5.41) is -0.313. The standard InChI is InChI=1S/C34H53N5O5Si2/c1-32(2,3)45(10,11)43-29-28-25(20-41-46(44-28,33(4,5)6)34(7,8)9)42-31(29)39-22-37-27-26(35-21-36-30(27)39)23-13-12-14-24(19-23)38-15-17-40-18-16-38/h12-14,19,21-22,25,28-29,31H,15-18,20H2,1-11H3/t25-,28+,29-,31-/m1/s1. The first kappa shape index (κ1) is 33.7. The van der Waals surface area contributed by atoms with E-state index in [1.54, 1.807) is 6.33 Å². The van der Waals surface area contributed by atoms with Crippen molar-refractivity contribution < 1.29 is 22.8 Å². The lowest BCUT2D eigenvalue weighted by Gasteiger charge is -2.54. The summed E-state index contributed by atoms with van der Waals surface area (Å²) in [4.78, 5) is 16.7. The van der Waals surface area contributed by atoms with Gasteiger partial charge in [0.2, 0.25) is 0 Å². The van der Waals surface area contributed by atoms with Crippen LogP contribution in [0.4, 0.5) is 5.69 Å². The van der Waals surface area contributed by atoms with Gasteiger partial charge in [-0.3, -0.25) is 4.57 Å². The molecule has 3 saturated heterocycles. The van der Waals surface area contributed by atoms with Crippen molar-refractivity contribution in [3.63, 3.8) is 0 Å². The first-order valence-corrected chi connectivity index (χ1v) is 21.4. The minimum absolute atomic E-state index is 0.00121. The maximum atomic E-state index is 7.31. The number of benzene rings is 1. The van der Waals surface area contributed by atoms with Gasteiger partial charge in [-0.15, -0.1) is 0 Å². The predicted octanol–water partition coefficient (Wildman–Crippen LogP) is 7.08. The molecule has 3 aliphatic rings. The van der Waals surface area contributed by atoms with Crippen LogP contribution >= 0.6 is 0 Å². The molecule has 3 aromatic rings. The van der Waals surface area contributed by atoms with Crippen LogP contribution in [0.25, 0.3) is 22.4 Å². The molecular formula is C34H53N5O5Si2. The molecule has 0 aliphatic carbocycles. The molecule has 6 rings (SSSR count). The van der Waals surface area contributed by atoms with Gasteiger partial charge in [-0.2, -0.15) is 0 Å². The van der Waals surface area contributed by atoms with Gasteiger partial charge in [-0.25, -0.2) is 15.0 Å². The zero-order valence-electron chi connectivity index (χ0n) is 29.6. The monoisotopic (exact) mass is 667 g/mol. The third-order valence-corrected chi connectivity index (χ3v) is 20.0. The fourth-order valence-corrected chi connectivity index (χ4v) is 13.4. The van der Waals surface area contributed by atoms with E-state index in [0.717, 1.165) is 48.8 Å². The highest BCUT2D eigenvalue weighted by Crippen LogP contribution is 2.56. The number of morpholine rings is 1. The Morgan fingerprint density at radius 1 is 0.935 bits per heavy atom. The number of ether oxygens (including phenoxy) is 2. The quantitative estimate of drug-likeness (QED) is 0.265. The van der Waals surface area contributed by atoms with E-state index >= 15 is 0 Å². The average molecular weight is 668 g/mol. The van der Waals surface area contributed by atoms with Gasteiger partial charge in [0.1, 0.15) is 35.8 Å². The van der Waals surface area contributed by atoms with Crippen LogP contribution in [0, 0.1) is 0 Å². The van der Waals surface area contributed by atoms with Crippen LogP contribution in [-0.4, -0.2) is 87.6 Å². The van der Waals surface area contributed by atoms with Crippen molar-refractivity contribution in [1.82, 2.24) is 19.5 Å². The Balaban J connectivity index is 1.41. The zero-order chi connectivity index (χ0) is 33.3. The number of nitrogens with zero attached hydrogens (tertiary/aromatic N) is 5. The number of rotatable bonds is 5. The van der Waals surface area contributed by atoms with Crippen molar-refractivity contribution in [3.05, 3.63) is 36.9 Å². The van der Waals surface area contributed by atoms with Gasteiger partial charge in [0.25, 0.3) is 0 Å². The summed E-state index contributed by atoms with van der Waals surface area (Å²) in [6.07, 6.45) is 2.07. The second kappa shape index (κ2) is 11.7. The smallest absolute Gasteiger partial charge is 0.349 e. The van der Waals surface area contributed by atoms with Gasteiger partial charge >= 0.3 is 8.56 Å². The lowest BCUT2D eigenvalue weighted by molar-refractivity contribution is -0.0795. The van der Waals surface area contributed by atoms with Gasteiger partial charge in [-0.1, -0.05) is 74.4 Å². The molecule has 252 valence electrons. The maximum Gasteiger partial charge on any atom is 0.349 e. The highest BCUT2D eigenvalue weighted by molar-refractivity contribution is 6.74. The Hall–Kier alpha value is -2.20. The molecule has 0 spiro atoms. The summed E-state index contributed by atoms with van der Waals surface area (Å²) < 4.78 is 35.9. The summed E-state index contributed by atoms with van der Waals surface area (Å²) in [5.41, 5.74) is 4.39. The van der Waals surface area contributed by atoms with Gasteiger partial charge in [0.15, 0.2) is 20.2 Å². The summed E-state index contributed by atoms with van der Waals surface area (Å²) in [7, 11) is -5.04. The van der Waals surface area contributed by atoms with E-state index in [-0.39, 0.29) is 33.4 Å². The Morgan fingerprint density at radius 2 is 1.63 bits per heavy atom. The van der Waals surface area contributed by atoms with E-state index < -0.39 is 23.1 Å². The van der Waals surface area contributed by atoms with Crippen molar-refractivity contribution in [2.45, 2.75) is 115 Å². The van der Waals surface area contributed by atoms with E-state index in [2.05, 4.69) is 105 Å². The number of fused-ring (bicyclic) bond motifs is 2. The Bertz CT molecular complexity index is 1540. The topological polar surface area (TPSA) is 93.0 Å². The van der Waals surface area contributed by atoms with Crippen LogP contribution in [-0.2, 0) is 22.8 Å². The molecule has 1 aromatic carbocycles. The minimum atomic E-state index is -2.78. The SMILES string of the molecule is CC(C)(C)[Si](C)(C)O[C@@H]1[C@H]2O[Si](C(C)(C)C)(C(C)(C)C)OC[C@H]2O[C@H]1n1cnc2c(-c3cccc(N4CCOCC4)c3)ncnc21. The molecule has 3 aliphatic heterocycles. The molecule has 12 heteroatoms. The number of hydrogen-bond donors (Lipinski definition) is 0. The molecule has 0 radical (unpaired) electrons. The van der Waals surface area contributed by atoms with Crippen LogP contribution in [0.15, 0.2) is 36.9 Å². The predicted molar refractivity (Wildman–Crippen MR) is 186 cm³/mol. The lowest BCUT2D eigenvalue weighted by Crippen LogP contribution is -2.66. The molecule has 0 unspecified atom stereocenters. The van der Waals surface area contributed by atoms with Crippen molar-refractivity contribution >= 4 is 33.7 Å². The third-order valence-electron chi connectivity index (χ3n) is 10.4. The Labute approximate surface area is 276 Å². The van der Waals surface area contributed by atoms with Gasteiger partial charge in [0, 0.05) is 34.4 Å². The first-order valence-electron chi connectivity index (χ1n) is 16.7. The molecule has 0 saturated carbocycles. The molecule has 3 fully saturated rings. The van der Waals surface area contributed by atoms with Gasteiger partial charge in [-0.05, 0) is 30.3 Å². The summed E-state index contributed by atoms with van der Waals surface area (Å²) >= 11 is 0. The van der Waals surface area contributed by atoms with Gasteiger partial charge < -0.3 is 27.7 Å². The fraction of sp³-hybridized carbons (Fsp3) is 0.676. The maximum absolute atomic E-state index is 7.31. The average Bonchev–Trinajstić information content (AvgIpc) is 3.56. The third kappa shape index (κ3) is 5.77. The van der Waals surface area contributed by atoms with Crippen molar-refractivity contribution in [1.29, 1.82) is 0 Å². The molecule has 0 amide bonds. The zero-order valence-corrected chi connectivity index (χ0v) is 31.6. The van der Waals surface area contributed by atoms with Crippen molar-refractivity contribution in [2.75, 3.05) is 37.8 Å². The summed E-state index contributed by atoms with van der Waals surface area (Å²) in [6, 6.07) is 8.49. The second-order valence-corrected chi connectivity index (χ2v) is 26.1. The molecule has 46 heavy (non-hydrogen) atoms. The summed E-state index contributed by atoms with van der Waals surface area (Å²) in [5.74, 6) is 0. The van der Waals surface area contributed by atoms with Crippen LogP contribution in [0.2, 0.25) is 28.2 Å². The first-order chi connectivity index (χ1) is 21.4. The molecule has 0 N–H and O–H groups in total. The molecule has 5 heterocycles. The van der Waals surface area contributed by atoms with E-state index in [1.165, 1.54) is 0 Å². The molecule has 10 nitrogen and oxygen atoms in total. The largest absolute Gasteiger partial charge is 0.407 e. The Morgan fingerprint density at radius 3 is 2.28 bits per heavy atom. The van der Waals surface area contributed by atoms with Crippen molar-refractivity contribution in [2.24, 2.45) is 0 Å². The fourth-order valence-electron chi connectivity index (χ4n) is 7.11. The van der Waals surface area contributed by atoms with E-state index in [4.69, 9.17) is 37.7 Å². The van der Waals surface area contributed by atoms with E-state index in [1.807, 2.05) is 10.9 Å². The summed E-state index contributed by atoms with van der Waals surface area (Å²) in [6.45, 7) is 28.6. The van der Waals surface area contributed by atoms with Gasteiger partial charge in [0.05, 0.1) is 26.1 Å².